The molecule has 3 aliphatic rings. The third-order valence-electron chi connectivity index (χ3n) is 5.64. The van der Waals surface area contributed by atoms with Crippen molar-refractivity contribution in [2.45, 2.75) is 51.1 Å². The smallest absolute Gasteiger partial charge is 0.295 e. The number of amidine groups is 1. The maximum absolute atomic E-state index is 13.4. The molecule has 0 amide bonds. The van der Waals surface area contributed by atoms with Crippen LogP contribution in [0.5, 0.6) is 0 Å². The van der Waals surface area contributed by atoms with Crippen LogP contribution in [0.3, 0.4) is 0 Å². The Kier molecular flexibility index (Phi) is 6.36. The highest BCUT2D eigenvalue weighted by atomic mass is 19.3. The van der Waals surface area contributed by atoms with Crippen LogP contribution in [-0.2, 0) is 17.7 Å². The minimum Gasteiger partial charge on any atom is -0.465 e. The van der Waals surface area contributed by atoms with E-state index in [1.807, 2.05) is 36.6 Å². The fraction of sp³-hybridized carbons (Fsp3) is 0.478. The first kappa shape index (κ1) is 21.5. The summed E-state index contributed by atoms with van der Waals surface area (Å²) in [4.78, 5) is 10.7. The predicted molar refractivity (Wildman–Crippen MR) is 118 cm³/mol. The summed E-state index contributed by atoms with van der Waals surface area (Å²) < 4.78 is 32.5. The first-order valence-electron chi connectivity index (χ1n) is 10.8. The molecule has 1 fully saturated rings. The summed E-state index contributed by atoms with van der Waals surface area (Å²) in [7, 11) is 0. The molecule has 166 valence electrons. The van der Waals surface area contributed by atoms with Gasteiger partial charge in [0.15, 0.2) is 0 Å². The lowest BCUT2D eigenvalue weighted by Gasteiger charge is -2.16. The predicted octanol–water partition coefficient (Wildman–Crippen LogP) is 3.35. The van der Waals surface area contributed by atoms with E-state index in [0.717, 1.165) is 35.2 Å². The van der Waals surface area contributed by atoms with Gasteiger partial charge in [0.2, 0.25) is 0 Å². The number of fused-ring (bicyclic) bond motifs is 1. The highest BCUT2D eigenvalue weighted by Gasteiger charge is 2.37. The van der Waals surface area contributed by atoms with E-state index in [1.54, 1.807) is 4.90 Å². The normalized spacial score (nSPS) is 22.6. The third kappa shape index (κ3) is 5.50. The summed E-state index contributed by atoms with van der Waals surface area (Å²) in [5, 5.41) is 3.28. The molecule has 4 rings (SSSR count). The number of rotatable bonds is 7. The Balaban J connectivity index is 1.42. The van der Waals surface area contributed by atoms with Gasteiger partial charge < -0.3 is 15.8 Å². The number of hydrogen-bond acceptors (Lipinski definition) is 6. The number of likely N-dealkylation sites (tertiary alicyclic amines) is 1. The van der Waals surface area contributed by atoms with Gasteiger partial charge in [-0.05, 0) is 29.2 Å². The van der Waals surface area contributed by atoms with Crippen molar-refractivity contribution in [2.75, 3.05) is 19.7 Å². The molecule has 8 heteroatoms. The molecule has 1 saturated heterocycles. The van der Waals surface area contributed by atoms with Crippen molar-refractivity contribution in [3.05, 3.63) is 58.6 Å². The fourth-order valence-electron chi connectivity index (χ4n) is 3.95. The van der Waals surface area contributed by atoms with Crippen molar-refractivity contribution in [1.82, 2.24) is 10.2 Å². The van der Waals surface area contributed by atoms with E-state index in [1.165, 1.54) is 0 Å². The largest absolute Gasteiger partial charge is 0.465 e. The Hall–Kier alpha value is -2.74. The van der Waals surface area contributed by atoms with Crippen molar-refractivity contribution in [3.8, 4) is 0 Å². The van der Waals surface area contributed by atoms with Gasteiger partial charge in [-0.25, -0.2) is 8.78 Å². The molecule has 6 nitrogen and oxygen atoms in total. The molecule has 0 bridgehead atoms. The van der Waals surface area contributed by atoms with Gasteiger partial charge in [0.1, 0.15) is 11.9 Å². The van der Waals surface area contributed by atoms with E-state index in [2.05, 4.69) is 22.2 Å². The van der Waals surface area contributed by atoms with Crippen LogP contribution in [0.4, 0.5) is 8.78 Å². The zero-order chi connectivity index (χ0) is 21.8. The van der Waals surface area contributed by atoms with Crippen LogP contribution in [-0.4, -0.2) is 48.8 Å². The van der Waals surface area contributed by atoms with E-state index < -0.39 is 5.92 Å². The number of nitrogens with two attached hydrogens (primary N) is 1. The van der Waals surface area contributed by atoms with Crippen LogP contribution in [0.15, 0.2) is 57.4 Å². The molecular weight excluding hydrogens is 400 g/mol. The van der Waals surface area contributed by atoms with Crippen LogP contribution < -0.4 is 11.1 Å². The zero-order valence-electron chi connectivity index (χ0n) is 17.8. The number of halogens is 2. The Morgan fingerprint density at radius 3 is 2.74 bits per heavy atom. The van der Waals surface area contributed by atoms with Crippen molar-refractivity contribution in [1.29, 1.82) is 0 Å². The number of hydrogen-bond donors (Lipinski definition) is 2. The minimum atomic E-state index is -2.56. The molecule has 1 atom stereocenters. The second-order valence-corrected chi connectivity index (χ2v) is 8.31. The topological polar surface area (TPSA) is 75.2 Å². The minimum absolute atomic E-state index is 0.0536. The molecule has 31 heavy (non-hydrogen) atoms. The van der Waals surface area contributed by atoms with Crippen LogP contribution >= 0.6 is 0 Å². The van der Waals surface area contributed by atoms with E-state index in [4.69, 9.17) is 10.5 Å². The quantitative estimate of drug-likeness (QED) is 0.652. The molecular formula is C23H29F2N5O. The Bertz CT molecular complexity index is 920. The van der Waals surface area contributed by atoms with Gasteiger partial charge >= 0.3 is 0 Å². The first-order valence-corrected chi connectivity index (χ1v) is 10.8. The Morgan fingerprint density at radius 2 is 2.03 bits per heavy atom. The summed E-state index contributed by atoms with van der Waals surface area (Å²) in [6.07, 6.45) is 6.30. The van der Waals surface area contributed by atoms with Gasteiger partial charge in [-0.1, -0.05) is 37.6 Å². The summed E-state index contributed by atoms with van der Waals surface area (Å²) >= 11 is 0. The number of nitrogens with zero attached hydrogens (tertiary/aromatic N) is 3. The van der Waals surface area contributed by atoms with Crippen LogP contribution in [0, 0.1) is 0 Å². The molecule has 0 saturated carbocycles. The zero-order valence-corrected chi connectivity index (χ0v) is 17.8. The highest BCUT2D eigenvalue weighted by molar-refractivity contribution is 5.88. The molecule has 1 aromatic carbocycles. The SMILES string of the molecule is CCCCOC1=NC(N)=CC2N=CC(Cc3ccc(CN4CCC(F)(F)C4)cc3)=C2N1. The second-order valence-electron chi connectivity index (χ2n) is 8.31. The van der Waals surface area contributed by atoms with Crippen LogP contribution in [0.25, 0.3) is 0 Å². The monoisotopic (exact) mass is 429 g/mol. The number of alkyl halides is 2. The van der Waals surface area contributed by atoms with Crippen molar-refractivity contribution >= 4 is 12.2 Å². The molecule has 3 heterocycles. The standard InChI is InChI=1S/C23H29F2N5O/c1-2-3-10-31-22-28-20(26)12-19-21(29-22)18(13-27-19)11-16-4-6-17(7-5-16)14-30-9-8-23(24,25)15-30/h4-7,12-13,19H,2-3,8-11,14-15,26H2,1H3,(H,28,29). The van der Waals surface area contributed by atoms with Gasteiger partial charge in [-0.2, -0.15) is 4.99 Å². The fourth-order valence-corrected chi connectivity index (χ4v) is 3.95. The highest BCUT2D eigenvalue weighted by Crippen LogP contribution is 2.28. The van der Waals surface area contributed by atoms with Gasteiger partial charge in [-0.3, -0.25) is 9.89 Å². The van der Waals surface area contributed by atoms with Gasteiger partial charge in [-0.15, -0.1) is 0 Å². The molecule has 1 aromatic rings. The van der Waals surface area contributed by atoms with E-state index in [-0.39, 0.29) is 19.0 Å². The number of ether oxygens (including phenoxy) is 1. The number of unbranched alkanes of at least 4 members (excludes halogenated alkanes) is 1. The lowest BCUT2D eigenvalue weighted by Crippen LogP contribution is -2.29. The van der Waals surface area contributed by atoms with E-state index >= 15 is 0 Å². The van der Waals surface area contributed by atoms with Gasteiger partial charge in [0.25, 0.3) is 11.9 Å². The molecule has 1 unspecified atom stereocenters. The van der Waals surface area contributed by atoms with Crippen molar-refractivity contribution in [3.63, 3.8) is 0 Å². The number of benzene rings is 1. The summed E-state index contributed by atoms with van der Waals surface area (Å²) in [6.45, 7) is 3.51. The molecule has 0 aliphatic carbocycles. The summed E-state index contributed by atoms with van der Waals surface area (Å²) in [5.74, 6) is -2.17. The van der Waals surface area contributed by atoms with Crippen LogP contribution in [0.1, 0.15) is 37.3 Å². The first-order chi connectivity index (χ1) is 14.9. The molecule has 0 spiro atoms. The second kappa shape index (κ2) is 9.18. The van der Waals surface area contributed by atoms with E-state index in [9.17, 15) is 8.78 Å². The third-order valence-corrected chi connectivity index (χ3v) is 5.64. The number of nitrogens with one attached hydrogen (secondary N) is 1. The number of aliphatic imine (C=N–C) groups is 2. The maximum Gasteiger partial charge on any atom is 0.295 e. The lowest BCUT2D eigenvalue weighted by atomic mass is 10.0. The maximum atomic E-state index is 13.4. The molecule has 3 N–H and O–H groups in total. The molecule has 0 radical (unpaired) electrons. The average molecular weight is 430 g/mol. The van der Waals surface area contributed by atoms with Gasteiger partial charge in [0.05, 0.1) is 18.8 Å². The summed E-state index contributed by atoms with van der Waals surface area (Å²) in [6, 6.07) is 8.33. The van der Waals surface area contributed by atoms with Gasteiger partial charge in [0, 0.05) is 32.1 Å². The average Bonchev–Trinajstić information content (AvgIpc) is 3.20. The van der Waals surface area contributed by atoms with Crippen LogP contribution in [0.2, 0.25) is 0 Å². The number of allylic oxidation sites excluding steroid dienone is 1. The lowest BCUT2D eigenvalue weighted by molar-refractivity contribution is 0.0115. The van der Waals surface area contributed by atoms with Crippen molar-refractivity contribution < 1.29 is 13.5 Å². The Labute approximate surface area is 181 Å². The Morgan fingerprint density at radius 1 is 1.26 bits per heavy atom. The summed E-state index contributed by atoms with van der Waals surface area (Å²) in [5.41, 5.74) is 10.1. The van der Waals surface area contributed by atoms with Crippen molar-refractivity contribution in [2.24, 2.45) is 15.7 Å². The molecule has 3 aliphatic heterocycles. The van der Waals surface area contributed by atoms with E-state index in [0.29, 0.717) is 38.0 Å². The molecule has 0 aromatic heterocycles.